The highest BCUT2D eigenvalue weighted by molar-refractivity contribution is 5.91. The zero-order valence-electron chi connectivity index (χ0n) is 19.4. The molecular formula is C28H37FO3. The number of unbranched alkanes of at least 4 members (excludes halogenated alkanes) is 4. The van der Waals surface area contributed by atoms with E-state index in [9.17, 15) is 9.18 Å². The first-order chi connectivity index (χ1) is 15.7. The molecule has 0 N–H and O–H groups in total. The molecule has 0 saturated heterocycles. The maximum absolute atomic E-state index is 14.3. The van der Waals surface area contributed by atoms with Crippen LogP contribution in [0.1, 0.15) is 93.5 Å². The molecule has 0 radical (unpaired) electrons. The number of halogens is 1. The molecule has 1 aliphatic carbocycles. The van der Waals surface area contributed by atoms with Crippen molar-refractivity contribution < 1.29 is 18.7 Å². The van der Waals surface area contributed by atoms with Gasteiger partial charge in [0.1, 0.15) is 5.75 Å². The molecule has 3 rings (SSSR count). The summed E-state index contributed by atoms with van der Waals surface area (Å²) in [5, 5.41) is 0. The summed E-state index contributed by atoms with van der Waals surface area (Å²) in [7, 11) is 0. The van der Waals surface area contributed by atoms with E-state index in [-0.39, 0.29) is 11.3 Å². The third kappa shape index (κ3) is 7.96. The average molecular weight is 441 g/mol. The molecule has 1 fully saturated rings. The highest BCUT2D eigenvalue weighted by Crippen LogP contribution is 2.28. The lowest BCUT2D eigenvalue weighted by molar-refractivity contribution is 0.0734. The fourth-order valence-corrected chi connectivity index (χ4v) is 4.37. The van der Waals surface area contributed by atoms with Gasteiger partial charge in [0.25, 0.3) is 0 Å². The Balaban J connectivity index is 1.44. The predicted molar refractivity (Wildman–Crippen MR) is 127 cm³/mol. The molecule has 0 unspecified atom stereocenters. The number of rotatable bonds is 12. The van der Waals surface area contributed by atoms with Gasteiger partial charge in [0.05, 0.1) is 12.2 Å². The van der Waals surface area contributed by atoms with Crippen molar-refractivity contribution in [3.63, 3.8) is 0 Å². The van der Waals surface area contributed by atoms with Crippen LogP contribution >= 0.6 is 0 Å². The maximum atomic E-state index is 14.3. The molecule has 3 nitrogen and oxygen atoms in total. The smallest absolute Gasteiger partial charge is 0.343 e. The van der Waals surface area contributed by atoms with Crippen LogP contribution in [0.25, 0.3) is 0 Å². The van der Waals surface area contributed by atoms with Gasteiger partial charge in [-0.15, -0.1) is 0 Å². The molecule has 174 valence electrons. The Morgan fingerprint density at radius 1 is 0.969 bits per heavy atom. The Hall–Kier alpha value is -2.36. The monoisotopic (exact) mass is 440 g/mol. The molecule has 2 aromatic rings. The van der Waals surface area contributed by atoms with Crippen LogP contribution in [-0.2, 0) is 6.42 Å². The van der Waals surface area contributed by atoms with Crippen molar-refractivity contribution in [3.05, 3.63) is 59.4 Å². The predicted octanol–water partition coefficient (Wildman–Crippen LogP) is 7.91. The minimum absolute atomic E-state index is 0.180. The summed E-state index contributed by atoms with van der Waals surface area (Å²) in [6.45, 7) is 2.66. The van der Waals surface area contributed by atoms with E-state index in [4.69, 9.17) is 9.47 Å². The molecule has 0 bridgehead atoms. The fourth-order valence-electron chi connectivity index (χ4n) is 4.37. The molecule has 0 heterocycles. The van der Waals surface area contributed by atoms with E-state index < -0.39 is 11.8 Å². The molecule has 0 aromatic heterocycles. The van der Waals surface area contributed by atoms with E-state index in [2.05, 4.69) is 6.92 Å². The minimum atomic E-state index is -0.565. The SMILES string of the molecule is CCCCCCCOc1ccc(C(=O)Oc2ccc(CCC3CCCCC3)cc2)cc1F. The third-order valence-corrected chi connectivity index (χ3v) is 6.37. The van der Waals surface area contributed by atoms with Crippen molar-refractivity contribution in [1.29, 1.82) is 0 Å². The summed E-state index contributed by atoms with van der Waals surface area (Å²) in [6, 6.07) is 11.9. The molecule has 0 spiro atoms. The van der Waals surface area contributed by atoms with Gasteiger partial charge >= 0.3 is 5.97 Å². The molecule has 4 heteroatoms. The summed E-state index contributed by atoms with van der Waals surface area (Å²) in [4.78, 5) is 12.4. The first kappa shape index (κ1) is 24.3. The summed E-state index contributed by atoms with van der Waals surface area (Å²) in [5.41, 5.74) is 1.44. The molecule has 0 amide bonds. The van der Waals surface area contributed by atoms with E-state index >= 15 is 0 Å². The Morgan fingerprint density at radius 3 is 2.44 bits per heavy atom. The average Bonchev–Trinajstić information content (AvgIpc) is 2.82. The van der Waals surface area contributed by atoms with E-state index in [1.54, 1.807) is 6.07 Å². The summed E-state index contributed by atoms with van der Waals surface area (Å²) < 4.78 is 25.3. The number of ether oxygens (including phenoxy) is 2. The van der Waals surface area contributed by atoms with Gasteiger partial charge in [-0.2, -0.15) is 0 Å². The number of hydrogen-bond acceptors (Lipinski definition) is 3. The third-order valence-electron chi connectivity index (χ3n) is 6.37. The molecule has 0 atom stereocenters. The standard InChI is InChI=1S/C28H37FO3/c1-2-3-4-5-9-20-31-27-19-16-24(21-26(27)29)28(30)32-25-17-14-23(15-18-25)13-12-22-10-7-6-8-11-22/h14-19,21-22H,2-13,20H2,1H3. The van der Waals surface area contributed by atoms with Gasteiger partial charge in [-0.3, -0.25) is 0 Å². The van der Waals surface area contributed by atoms with Crippen LogP contribution in [0.15, 0.2) is 42.5 Å². The molecule has 0 aliphatic heterocycles. The van der Waals surface area contributed by atoms with Crippen LogP contribution in [0, 0.1) is 11.7 Å². The second-order valence-corrected chi connectivity index (χ2v) is 8.98. The second-order valence-electron chi connectivity index (χ2n) is 8.98. The largest absolute Gasteiger partial charge is 0.491 e. The Bertz CT molecular complexity index is 825. The summed E-state index contributed by atoms with van der Waals surface area (Å²) in [6.07, 6.45) is 14.7. The topological polar surface area (TPSA) is 35.5 Å². The van der Waals surface area contributed by atoms with Gasteiger partial charge in [-0.1, -0.05) is 76.8 Å². The van der Waals surface area contributed by atoms with E-state index in [1.807, 2.05) is 24.3 Å². The number of esters is 1. The van der Waals surface area contributed by atoms with Gasteiger partial charge in [-0.25, -0.2) is 9.18 Å². The van der Waals surface area contributed by atoms with E-state index in [0.717, 1.165) is 25.2 Å². The first-order valence-electron chi connectivity index (χ1n) is 12.4. The highest BCUT2D eigenvalue weighted by atomic mass is 19.1. The maximum Gasteiger partial charge on any atom is 0.343 e. The zero-order chi connectivity index (χ0) is 22.6. The van der Waals surface area contributed by atoms with Crippen LogP contribution in [0.4, 0.5) is 4.39 Å². The number of hydrogen-bond donors (Lipinski definition) is 0. The van der Waals surface area contributed by atoms with Crippen molar-refractivity contribution in [2.45, 2.75) is 84.0 Å². The number of carbonyl (C=O) groups is 1. The van der Waals surface area contributed by atoms with Crippen LogP contribution in [-0.4, -0.2) is 12.6 Å². The Morgan fingerprint density at radius 2 is 1.72 bits per heavy atom. The lowest BCUT2D eigenvalue weighted by Crippen LogP contribution is -2.09. The van der Waals surface area contributed by atoms with Crippen LogP contribution in [0.3, 0.4) is 0 Å². The van der Waals surface area contributed by atoms with Gasteiger partial charge in [0.2, 0.25) is 0 Å². The van der Waals surface area contributed by atoms with Gasteiger partial charge < -0.3 is 9.47 Å². The lowest BCUT2D eigenvalue weighted by Gasteiger charge is -2.21. The molecule has 2 aromatic carbocycles. The van der Waals surface area contributed by atoms with Crippen molar-refractivity contribution in [2.24, 2.45) is 5.92 Å². The number of aryl methyl sites for hydroxylation is 1. The van der Waals surface area contributed by atoms with Crippen molar-refractivity contribution >= 4 is 5.97 Å². The normalized spacial score (nSPS) is 14.3. The highest BCUT2D eigenvalue weighted by Gasteiger charge is 2.14. The van der Waals surface area contributed by atoms with Gasteiger partial charge in [0, 0.05) is 0 Å². The first-order valence-corrected chi connectivity index (χ1v) is 12.4. The lowest BCUT2D eigenvalue weighted by atomic mass is 9.85. The second kappa shape index (κ2) is 13.2. The Kier molecular flexibility index (Phi) is 10.1. The summed E-state index contributed by atoms with van der Waals surface area (Å²) >= 11 is 0. The van der Waals surface area contributed by atoms with Crippen molar-refractivity contribution in [1.82, 2.24) is 0 Å². The molecule has 1 saturated carbocycles. The van der Waals surface area contributed by atoms with Crippen LogP contribution in [0.2, 0.25) is 0 Å². The van der Waals surface area contributed by atoms with Gasteiger partial charge in [-0.05, 0) is 61.1 Å². The Labute approximate surface area is 192 Å². The van der Waals surface area contributed by atoms with Crippen molar-refractivity contribution in [3.8, 4) is 11.5 Å². The number of benzene rings is 2. The molecule has 1 aliphatic rings. The zero-order valence-corrected chi connectivity index (χ0v) is 19.4. The fraction of sp³-hybridized carbons (Fsp3) is 0.536. The van der Waals surface area contributed by atoms with Crippen LogP contribution in [0.5, 0.6) is 11.5 Å². The van der Waals surface area contributed by atoms with E-state index in [0.29, 0.717) is 12.4 Å². The minimum Gasteiger partial charge on any atom is -0.491 e. The van der Waals surface area contributed by atoms with Crippen molar-refractivity contribution in [2.75, 3.05) is 6.61 Å². The summed E-state index contributed by atoms with van der Waals surface area (Å²) in [5.74, 6) is 0.406. The van der Waals surface area contributed by atoms with E-state index in [1.165, 1.54) is 75.5 Å². The molecule has 32 heavy (non-hydrogen) atoms. The van der Waals surface area contributed by atoms with Gasteiger partial charge in [0.15, 0.2) is 11.6 Å². The van der Waals surface area contributed by atoms with Crippen LogP contribution < -0.4 is 9.47 Å². The number of carbonyl (C=O) groups excluding carboxylic acids is 1. The molecular weight excluding hydrogens is 403 g/mol. The quantitative estimate of drug-likeness (QED) is 0.191.